The molecule has 0 bridgehead atoms. The van der Waals surface area contributed by atoms with Gasteiger partial charge in [0, 0.05) is 0 Å². The molecule has 0 saturated carbocycles. The van der Waals surface area contributed by atoms with Crippen molar-refractivity contribution in [2.24, 2.45) is 5.92 Å². The number of phenolic OH excluding ortho intramolecular Hbond substituents is 1. The summed E-state index contributed by atoms with van der Waals surface area (Å²) in [7, 11) is 0. The molecule has 1 fully saturated rings. The van der Waals surface area contributed by atoms with E-state index in [1.54, 1.807) is 26.0 Å². The van der Waals surface area contributed by atoms with Gasteiger partial charge in [-0.3, -0.25) is 4.79 Å². The standard InChI is InChI=1S/C16H22N2O6/c1-9(2)13(17-16(22)23)14(20)18-8-24-15(21)12(18)7-10-3-5-11(19)6-4-10/h3-6,9,12-13,15,17,19,21H,7-8H2,1-2H3,(H,22,23). The Balaban J connectivity index is 2.15. The van der Waals surface area contributed by atoms with Crippen molar-refractivity contribution < 1.29 is 29.6 Å². The number of aliphatic hydroxyl groups excluding tert-OH is 1. The van der Waals surface area contributed by atoms with Gasteiger partial charge in [-0.15, -0.1) is 0 Å². The summed E-state index contributed by atoms with van der Waals surface area (Å²) < 4.78 is 5.17. The highest BCUT2D eigenvalue weighted by Gasteiger charge is 2.40. The van der Waals surface area contributed by atoms with Crippen molar-refractivity contribution in [1.29, 1.82) is 0 Å². The lowest BCUT2D eigenvalue weighted by Gasteiger charge is -2.29. The monoisotopic (exact) mass is 338 g/mol. The molecule has 1 aromatic rings. The maximum Gasteiger partial charge on any atom is 0.405 e. The molecule has 0 aliphatic carbocycles. The lowest BCUT2D eigenvalue weighted by molar-refractivity contribution is -0.136. The number of nitrogens with zero attached hydrogens (tertiary/aromatic N) is 1. The fraction of sp³-hybridized carbons (Fsp3) is 0.500. The number of amides is 2. The minimum absolute atomic E-state index is 0.104. The van der Waals surface area contributed by atoms with Gasteiger partial charge in [-0.25, -0.2) is 4.79 Å². The molecule has 4 N–H and O–H groups in total. The number of carbonyl (C=O) groups excluding carboxylic acids is 1. The first-order chi connectivity index (χ1) is 11.3. The Labute approximate surface area is 139 Å². The fourth-order valence-electron chi connectivity index (χ4n) is 2.65. The number of hydrogen-bond acceptors (Lipinski definition) is 5. The van der Waals surface area contributed by atoms with E-state index in [2.05, 4.69) is 5.32 Å². The van der Waals surface area contributed by atoms with Crippen LogP contribution in [0.2, 0.25) is 0 Å². The summed E-state index contributed by atoms with van der Waals surface area (Å²) in [6, 6.07) is 4.88. The number of benzene rings is 1. The number of phenols is 1. The van der Waals surface area contributed by atoms with E-state index in [4.69, 9.17) is 9.84 Å². The van der Waals surface area contributed by atoms with Gasteiger partial charge in [0.05, 0.1) is 6.04 Å². The molecule has 2 rings (SSSR count). The number of hydrogen-bond donors (Lipinski definition) is 4. The highest BCUT2D eigenvalue weighted by molar-refractivity contribution is 5.86. The van der Waals surface area contributed by atoms with Gasteiger partial charge in [-0.05, 0) is 30.0 Å². The van der Waals surface area contributed by atoms with Crippen LogP contribution >= 0.6 is 0 Å². The zero-order chi connectivity index (χ0) is 17.9. The first-order valence-electron chi connectivity index (χ1n) is 7.67. The highest BCUT2D eigenvalue weighted by atomic mass is 16.6. The van der Waals surface area contributed by atoms with Crippen molar-refractivity contribution in [3.63, 3.8) is 0 Å². The first kappa shape index (κ1) is 18.0. The SMILES string of the molecule is CC(C)C(NC(=O)O)C(=O)N1COC(O)C1Cc1ccc(O)cc1. The van der Waals surface area contributed by atoms with E-state index in [1.165, 1.54) is 17.0 Å². The van der Waals surface area contributed by atoms with E-state index in [0.29, 0.717) is 6.42 Å². The number of rotatable bonds is 5. The van der Waals surface area contributed by atoms with Gasteiger partial charge in [-0.1, -0.05) is 26.0 Å². The molecule has 0 spiro atoms. The van der Waals surface area contributed by atoms with Gasteiger partial charge in [0.2, 0.25) is 5.91 Å². The minimum Gasteiger partial charge on any atom is -0.508 e. The maximum absolute atomic E-state index is 12.7. The average Bonchev–Trinajstić information content (AvgIpc) is 2.87. The van der Waals surface area contributed by atoms with Crippen LogP contribution in [0.5, 0.6) is 5.75 Å². The lowest BCUT2D eigenvalue weighted by atomic mass is 10.0. The predicted octanol–water partition coefficient (Wildman–Crippen LogP) is 0.730. The molecule has 1 saturated heterocycles. The van der Waals surface area contributed by atoms with Crippen molar-refractivity contribution >= 4 is 12.0 Å². The van der Waals surface area contributed by atoms with E-state index in [-0.39, 0.29) is 18.4 Å². The summed E-state index contributed by atoms with van der Waals surface area (Å²) in [4.78, 5) is 25.0. The molecule has 3 atom stereocenters. The van der Waals surface area contributed by atoms with Gasteiger partial charge in [0.15, 0.2) is 6.29 Å². The second-order valence-electron chi connectivity index (χ2n) is 6.10. The topological polar surface area (TPSA) is 119 Å². The molecular formula is C16H22N2O6. The van der Waals surface area contributed by atoms with Crippen LogP contribution in [0.15, 0.2) is 24.3 Å². The van der Waals surface area contributed by atoms with Crippen LogP contribution in [0.1, 0.15) is 19.4 Å². The molecule has 0 aromatic heterocycles. The van der Waals surface area contributed by atoms with Crippen LogP contribution in [-0.4, -0.2) is 57.3 Å². The molecular weight excluding hydrogens is 316 g/mol. The Bertz CT molecular complexity index is 589. The van der Waals surface area contributed by atoms with Crippen LogP contribution in [0.3, 0.4) is 0 Å². The van der Waals surface area contributed by atoms with Gasteiger partial charge in [0.1, 0.15) is 18.5 Å². The van der Waals surface area contributed by atoms with E-state index in [0.717, 1.165) is 5.56 Å². The first-order valence-corrected chi connectivity index (χ1v) is 7.67. The summed E-state index contributed by atoms with van der Waals surface area (Å²) in [5.74, 6) is -0.561. The molecule has 1 heterocycles. The summed E-state index contributed by atoms with van der Waals surface area (Å²) in [6.45, 7) is 3.37. The van der Waals surface area contributed by atoms with Gasteiger partial charge < -0.3 is 30.3 Å². The molecule has 3 unspecified atom stereocenters. The Hall–Kier alpha value is -2.32. The van der Waals surface area contributed by atoms with E-state index in [1.807, 2.05) is 0 Å². The normalized spacial score (nSPS) is 21.8. The minimum atomic E-state index is -1.28. The summed E-state index contributed by atoms with van der Waals surface area (Å²) in [6.07, 6.45) is -2.11. The second-order valence-corrected chi connectivity index (χ2v) is 6.10. The van der Waals surface area contributed by atoms with Crippen LogP contribution < -0.4 is 5.32 Å². The third-order valence-electron chi connectivity index (χ3n) is 3.99. The molecule has 0 radical (unpaired) electrons. The largest absolute Gasteiger partial charge is 0.508 e. The van der Waals surface area contributed by atoms with Crippen molar-refractivity contribution in [2.75, 3.05) is 6.73 Å². The molecule has 1 aliphatic heterocycles. The van der Waals surface area contributed by atoms with Crippen molar-refractivity contribution in [1.82, 2.24) is 10.2 Å². The fourth-order valence-corrected chi connectivity index (χ4v) is 2.65. The molecule has 1 aromatic carbocycles. The van der Waals surface area contributed by atoms with Crippen molar-refractivity contribution in [3.05, 3.63) is 29.8 Å². The number of aliphatic hydroxyl groups is 1. The average molecular weight is 338 g/mol. The maximum atomic E-state index is 12.7. The molecule has 2 amide bonds. The van der Waals surface area contributed by atoms with Gasteiger partial charge in [0.25, 0.3) is 0 Å². The Morgan fingerprint density at radius 1 is 1.33 bits per heavy atom. The highest BCUT2D eigenvalue weighted by Crippen LogP contribution is 2.23. The number of ether oxygens (including phenoxy) is 1. The third kappa shape index (κ3) is 4.15. The molecule has 24 heavy (non-hydrogen) atoms. The molecule has 8 nitrogen and oxygen atoms in total. The van der Waals surface area contributed by atoms with Crippen LogP contribution in [-0.2, 0) is 16.0 Å². The van der Waals surface area contributed by atoms with Gasteiger partial charge in [-0.2, -0.15) is 0 Å². The van der Waals surface area contributed by atoms with E-state index in [9.17, 15) is 19.8 Å². The Kier molecular flexibility index (Phi) is 5.63. The number of nitrogens with one attached hydrogen (secondary N) is 1. The number of carboxylic acid groups (broad SMARTS) is 1. The summed E-state index contributed by atoms with van der Waals surface area (Å²) in [5.41, 5.74) is 0.812. The van der Waals surface area contributed by atoms with Crippen molar-refractivity contribution in [3.8, 4) is 5.75 Å². The quantitative estimate of drug-likeness (QED) is 0.628. The van der Waals surface area contributed by atoms with E-state index < -0.39 is 30.4 Å². The predicted molar refractivity (Wildman–Crippen MR) is 84.2 cm³/mol. The second kappa shape index (κ2) is 7.50. The molecule has 1 aliphatic rings. The Morgan fingerprint density at radius 3 is 2.50 bits per heavy atom. The zero-order valence-electron chi connectivity index (χ0n) is 13.5. The van der Waals surface area contributed by atoms with E-state index >= 15 is 0 Å². The van der Waals surface area contributed by atoms with Gasteiger partial charge >= 0.3 is 6.09 Å². The third-order valence-corrected chi connectivity index (χ3v) is 3.99. The number of carbonyl (C=O) groups is 2. The smallest absolute Gasteiger partial charge is 0.405 e. The summed E-state index contributed by atoms with van der Waals surface area (Å²) in [5, 5.41) is 30.5. The van der Waals surface area contributed by atoms with Crippen LogP contribution in [0.4, 0.5) is 4.79 Å². The van der Waals surface area contributed by atoms with Crippen LogP contribution in [0.25, 0.3) is 0 Å². The summed E-state index contributed by atoms with van der Waals surface area (Å²) >= 11 is 0. The number of aromatic hydroxyl groups is 1. The van der Waals surface area contributed by atoms with Crippen LogP contribution in [0, 0.1) is 5.92 Å². The molecule has 132 valence electrons. The zero-order valence-corrected chi connectivity index (χ0v) is 13.5. The van der Waals surface area contributed by atoms with Crippen molar-refractivity contribution in [2.45, 2.75) is 38.6 Å². The Morgan fingerprint density at radius 2 is 1.96 bits per heavy atom. The lowest BCUT2D eigenvalue weighted by Crippen LogP contribution is -2.53. The molecule has 8 heteroatoms.